The number of carbonyl (C=O) groups is 1. The van der Waals surface area contributed by atoms with Gasteiger partial charge < -0.3 is 15.5 Å². The van der Waals surface area contributed by atoms with Crippen molar-refractivity contribution in [3.8, 4) is 11.5 Å². The molecule has 0 unspecified atom stereocenters. The van der Waals surface area contributed by atoms with Gasteiger partial charge in [0.2, 0.25) is 5.13 Å². The number of benzene rings is 2. The first-order valence-electron chi connectivity index (χ1n) is 7.47. The number of nitrogens with zero attached hydrogens (tertiary/aromatic N) is 2. The largest absolute Gasteiger partial charge is 0.504 e. The molecule has 3 rings (SSSR count). The van der Waals surface area contributed by atoms with Crippen molar-refractivity contribution in [2.24, 2.45) is 0 Å². The Bertz CT molecular complexity index is 962. The third-order valence-electron chi connectivity index (χ3n) is 3.54. The van der Waals surface area contributed by atoms with Gasteiger partial charge in [0.25, 0.3) is 0 Å². The maximum absolute atomic E-state index is 12.2. The average molecular weight is 408 g/mol. The van der Waals surface area contributed by atoms with Crippen LogP contribution in [0.15, 0.2) is 40.7 Å². The van der Waals surface area contributed by atoms with Crippen molar-refractivity contribution < 1.29 is 15.0 Å². The fraction of sp³-hybridized carbons (Fsp3) is 0.118. The first-order valence-corrected chi connectivity index (χ1v) is 9.65. The molecule has 0 spiro atoms. The number of phenols is 2. The summed E-state index contributed by atoms with van der Waals surface area (Å²) < 4.78 is 0.642. The predicted octanol–water partition coefficient (Wildman–Crippen LogP) is 4.63. The van der Waals surface area contributed by atoms with Gasteiger partial charge in [-0.05, 0) is 42.8 Å². The summed E-state index contributed by atoms with van der Waals surface area (Å²) in [7, 11) is 0. The Morgan fingerprint density at radius 1 is 1.23 bits per heavy atom. The molecule has 0 bridgehead atoms. The van der Waals surface area contributed by atoms with E-state index in [1.54, 1.807) is 0 Å². The van der Waals surface area contributed by atoms with Crippen LogP contribution in [0.2, 0.25) is 5.02 Å². The SMILES string of the molecule is Cc1c(Cl)cccc1Nc1nnc(SCC(=O)c2ccc(O)c(O)c2)s1. The highest BCUT2D eigenvalue weighted by molar-refractivity contribution is 8.01. The molecular formula is C17H14ClN3O3S2. The molecule has 1 heterocycles. The van der Waals surface area contributed by atoms with E-state index in [9.17, 15) is 15.0 Å². The maximum Gasteiger partial charge on any atom is 0.210 e. The van der Waals surface area contributed by atoms with Crippen molar-refractivity contribution in [2.75, 3.05) is 11.1 Å². The highest BCUT2D eigenvalue weighted by Crippen LogP contribution is 2.31. The highest BCUT2D eigenvalue weighted by atomic mass is 35.5. The van der Waals surface area contributed by atoms with Gasteiger partial charge in [0.15, 0.2) is 21.6 Å². The van der Waals surface area contributed by atoms with Gasteiger partial charge in [-0.1, -0.05) is 40.8 Å². The summed E-state index contributed by atoms with van der Waals surface area (Å²) in [6.07, 6.45) is 0. The lowest BCUT2D eigenvalue weighted by Crippen LogP contribution is -2.01. The van der Waals surface area contributed by atoms with E-state index >= 15 is 0 Å². The van der Waals surface area contributed by atoms with Crippen molar-refractivity contribution in [3.63, 3.8) is 0 Å². The summed E-state index contributed by atoms with van der Waals surface area (Å²) in [5.41, 5.74) is 2.09. The van der Waals surface area contributed by atoms with Crippen LogP contribution < -0.4 is 5.32 Å². The quantitative estimate of drug-likeness (QED) is 0.311. The molecule has 0 fully saturated rings. The molecule has 0 aliphatic rings. The van der Waals surface area contributed by atoms with Gasteiger partial charge in [-0.15, -0.1) is 10.2 Å². The van der Waals surface area contributed by atoms with E-state index in [-0.39, 0.29) is 23.0 Å². The monoisotopic (exact) mass is 407 g/mol. The molecule has 0 saturated heterocycles. The van der Waals surface area contributed by atoms with Crippen LogP contribution >= 0.6 is 34.7 Å². The molecule has 9 heteroatoms. The smallest absolute Gasteiger partial charge is 0.210 e. The van der Waals surface area contributed by atoms with Gasteiger partial charge in [0.1, 0.15) is 0 Å². The molecule has 2 aromatic carbocycles. The third kappa shape index (κ3) is 4.27. The number of Topliss-reactive ketones (excluding diaryl/α,β-unsaturated/α-hetero) is 1. The number of anilines is 2. The number of hydrogen-bond donors (Lipinski definition) is 3. The highest BCUT2D eigenvalue weighted by Gasteiger charge is 2.12. The zero-order valence-corrected chi connectivity index (χ0v) is 16.0. The van der Waals surface area contributed by atoms with E-state index in [0.29, 0.717) is 20.1 Å². The summed E-state index contributed by atoms with van der Waals surface area (Å²) >= 11 is 8.69. The molecule has 134 valence electrons. The molecule has 0 radical (unpaired) electrons. The number of hydrogen-bond acceptors (Lipinski definition) is 8. The van der Waals surface area contributed by atoms with Crippen LogP contribution in [-0.2, 0) is 0 Å². The normalized spacial score (nSPS) is 10.7. The lowest BCUT2D eigenvalue weighted by molar-refractivity contribution is 0.102. The Morgan fingerprint density at radius 3 is 2.81 bits per heavy atom. The van der Waals surface area contributed by atoms with Crippen molar-refractivity contribution in [3.05, 3.63) is 52.5 Å². The second-order valence-corrected chi connectivity index (χ2v) is 7.93. The lowest BCUT2D eigenvalue weighted by Gasteiger charge is -2.06. The summed E-state index contributed by atoms with van der Waals surface area (Å²) in [6.45, 7) is 1.91. The van der Waals surface area contributed by atoms with Gasteiger partial charge >= 0.3 is 0 Å². The Labute approximate surface area is 162 Å². The minimum atomic E-state index is -0.319. The first kappa shape index (κ1) is 18.5. The molecule has 3 N–H and O–H groups in total. The Hall–Kier alpha value is -2.29. The molecule has 0 aliphatic heterocycles. The fourth-order valence-electron chi connectivity index (χ4n) is 2.08. The molecule has 6 nitrogen and oxygen atoms in total. The van der Waals surface area contributed by atoms with Crippen LogP contribution in [-0.4, -0.2) is 31.9 Å². The summed E-state index contributed by atoms with van der Waals surface area (Å²) in [5.74, 6) is -0.610. The van der Waals surface area contributed by atoms with E-state index in [2.05, 4.69) is 15.5 Å². The summed E-state index contributed by atoms with van der Waals surface area (Å²) in [4.78, 5) is 12.2. The minimum Gasteiger partial charge on any atom is -0.504 e. The second kappa shape index (κ2) is 7.94. The molecule has 0 saturated carbocycles. The van der Waals surface area contributed by atoms with Crippen LogP contribution in [0.5, 0.6) is 11.5 Å². The van der Waals surface area contributed by atoms with E-state index in [1.165, 1.54) is 41.3 Å². The number of phenolic OH excluding ortho intramolecular Hbond substituents is 2. The van der Waals surface area contributed by atoms with Crippen LogP contribution in [0.25, 0.3) is 0 Å². The predicted molar refractivity (Wildman–Crippen MR) is 104 cm³/mol. The first-order chi connectivity index (χ1) is 12.4. The maximum atomic E-state index is 12.2. The zero-order chi connectivity index (χ0) is 18.7. The number of rotatable bonds is 6. The van der Waals surface area contributed by atoms with E-state index in [4.69, 9.17) is 11.6 Å². The molecule has 0 amide bonds. The number of carbonyl (C=O) groups excluding carboxylic acids is 1. The number of thioether (sulfide) groups is 1. The number of nitrogens with one attached hydrogen (secondary N) is 1. The van der Waals surface area contributed by atoms with Gasteiger partial charge in [0.05, 0.1) is 5.75 Å². The Kier molecular flexibility index (Phi) is 5.65. The van der Waals surface area contributed by atoms with E-state index in [0.717, 1.165) is 11.3 Å². The van der Waals surface area contributed by atoms with Crippen molar-refractivity contribution in [1.82, 2.24) is 10.2 Å². The van der Waals surface area contributed by atoms with Gasteiger partial charge in [0, 0.05) is 16.3 Å². The average Bonchev–Trinajstić information content (AvgIpc) is 3.07. The van der Waals surface area contributed by atoms with Crippen LogP contribution in [0.1, 0.15) is 15.9 Å². The summed E-state index contributed by atoms with van der Waals surface area (Å²) in [5, 5.41) is 31.3. The van der Waals surface area contributed by atoms with Gasteiger partial charge in [-0.25, -0.2) is 0 Å². The van der Waals surface area contributed by atoms with Gasteiger partial charge in [-0.2, -0.15) is 0 Å². The van der Waals surface area contributed by atoms with Crippen molar-refractivity contribution >= 4 is 51.3 Å². The molecule has 0 aliphatic carbocycles. The number of aromatic hydroxyl groups is 2. The molecule has 1 aromatic heterocycles. The van der Waals surface area contributed by atoms with E-state index in [1.807, 2.05) is 25.1 Å². The molecule has 0 atom stereocenters. The Balaban J connectivity index is 1.62. The van der Waals surface area contributed by atoms with Gasteiger partial charge in [-0.3, -0.25) is 4.79 Å². The third-order valence-corrected chi connectivity index (χ3v) is 5.92. The van der Waals surface area contributed by atoms with Crippen molar-refractivity contribution in [1.29, 1.82) is 0 Å². The zero-order valence-electron chi connectivity index (χ0n) is 13.6. The summed E-state index contributed by atoms with van der Waals surface area (Å²) in [6, 6.07) is 9.56. The number of ketones is 1. The van der Waals surface area contributed by atoms with E-state index < -0.39 is 0 Å². The minimum absolute atomic E-state index is 0.148. The van der Waals surface area contributed by atoms with Crippen molar-refractivity contribution in [2.45, 2.75) is 11.3 Å². The fourth-order valence-corrected chi connectivity index (χ4v) is 3.92. The Morgan fingerprint density at radius 2 is 2.04 bits per heavy atom. The van der Waals surface area contributed by atoms with Crippen LogP contribution in [0.4, 0.5) is 10.8 Å². The van der Waals surface area contributed by atoms with Crippen LogP contribution in [0.3, 0.4) is 0 Å². The lowest BCUT2D eigenvalue weighted by atomic mass is 10.1. The standard InChI is InChI=1S/C17H14ClN3O3S2/c1-9-11(18)3-2-4-12(9)19-16-20-21-17(26-16)25-8-15(24)10-5-6-13(22)14(23)7-10/h2-7,22-23H,8H2,1H3,(H,19,20). The molecular weight excluding hydrogens is 394 g/mol. The van der Waals surface area contributed by atoms with Crippen LogP contribution in [0, 0.1) is 6.92 Å². The second-order valence-electron chi connectivity index (χ2n) is 5.33. The topological polar surface area (TPSA) is 95.3 Å². The molecule has 26 heavy (non-hydrogen) atoms. The number of aromatic nitrogens is 2. The molecule has 3 aromatic rings. The number of halogens is 1.